The highest BCUT2D eigenvalue weighted by Crippen LogP contribution is 2.26. The summed E-state index contributed by atoms with van der Waals surface area (Å²) in [6.07, 6.45) is 8.43. The second kappa shape index (κ2) is 6.64. The van der Waals surface area contributed by atoms with Gasteiger partial charge < -0.3 is 5.32 Å². The number of hydrogen-bond donors (Lipinski definition) is 1. The summed E-state index contributed by atoms with van der Waals surface area (Å²) in [6, 6.07) is 13.7. The van der Waals surface area contributed by atoms with Crippen molar-refractivity contribution >= 4 is 16.7 Å². The molecular formula is C22H21N3O. The number of allylic oxidation sites excluding steroid dienone is 3. The third-order valence-corrected chi connectivity index (χ3v) is 4.59. The van der Waals surface area contributed by atoms with Crippen LogP contribution in [0.1, 0.15) is 24.2 Å². The molecule has 2 aromatic heterocycles. The zero-order chi connectivity index (χ0) is 18.1. The Balaban J connectivity index is 2.03. The Labute approximate surface area is 152 Å². The molecule has 4 nitrogen and oxygen atoms in total. The molecule has 0 saturated heterocycles. The molecule has 2 heterocycles. The first kappa shape index (κ1) is 16.3. The van der Waals surface area contributed by atoms with Crippen LogP contribution in [0.2, 0.25) is 0 Å². The third kappa shape index (κ3) is 2.94. The van der Waals surface area contributed by atoms with Gasteiger partial charge in [0.05, 0.1) is 16.6 Å². The highest BCUT2D eigenvalue weighted by molar-refractivity contribution is 5.85. The molecule has 0 unspecified atom stereocenters. The van der Waals surface area contributed by atoms with Crippen molar-refractivity contribution in [2.24, 2.45) is 0 Å². The Kier molecular flexibility index (Phi) is 4.17. The first-order chi connectivity index (χ1) is 12.6. The molecule has 26 heavy (non-hydrogen) atoms. The summed E-state index contributed by atoms with van der Waals surface area (Å²) in [7, 11) is 0. The van der Waals surface area contributed by atoms with Crippen molar-refractivity contribution in [1.29, 1.82) is 0 Å². The third-order valence-electron chi connectivity index (χ3n) is 4.59. The fourth-order valence-corrected chi connectivity index (χ4v) is 3.48. The summed E-state index contributed by atoms with van der Waals surface area (Å²) in [5, 5.41) is 4.10. The van der Waals surface area contributed by atoms with Crippen molar-refractivity contribution in [3.05, 3.63) is 88.0 Å². The molecule has 0 saturated carbocycles. The zero-order valence-electron chi connectivity index (χ0n) is 15.0. The molecule has 0 atom stereocenters. The maximum absolute atomic E-state index is 12.8. The number of anilines is 1. The number of rotatable bonds is 3. The number of hydrogen-bond acceptors (Lipinski definition) is 3. The minimum absolute atomic E-state index is 0.0138. The largest absolute Gasteiger partial charge is 0.342 e. The Morgan fingerprint density at radius 3 is 2.62 bits per heavy atom. The van der Waals surface area contributed by atoms with Gasteiger partial charge in [-0.05, 0) is 51.0 Å². The van der Waals surface area contributed by atoms with Crippen molar-refractivity contribution in [3.8, 4) is 5.69 Å². The molecule has 3 aromatic rings. The van der Waals surface area contributed by atoms with E-state index in [-0.39, 0.29) is 5.43 Å². The van der Waals surface area contributed by atoms with E-state index in [4.69, 9.17) is 0 Å². The molecule has 0 bridgehead atoms. The van der Waals surface area contributed by atoms with Gasteiger partial charge in [-0.2, -0.15) is 0 Å². The van der Waals surface area contributed by atoms with E-state index < -0.39 is 0 Å². The highest BCUT2D eigenvalue weighted by Gasteiger charge is 2.14. The lowest BCUT2D eigenvalue weighted by Gasteiger charge is -2.20. The van der Waals surface area contributed by atoms with Gasteiger partial charge in [0, 0.05) is 23.1 Å². The van der Waals surface area contributed by atoms with Crippen molar-refractivity contribution in [2.75, 3.05) is 5.32 Å². The molecular weight excluding hydrogens is 322 g/mol. The van der Waals surface area contributed by atoms with Gasteiger partial charge >= 0.3 is 0 Å². The predicted molar refractivity (Wildman–Crippen MR) is 107 cm³/mol. The van der Waals surface area contributed by atoms with E-state index in [0.717, 1.165) is 46.9 Å². The van der Waals surface area contributed by atoms with Gasteiger partial charge in [-0.25, -0.2) is 0 Å². The average molecular weight is 343 g/mol. The Hall–Kier alpha value is -3.14. The van der Waals surface area contributed by atoms with Crippen LogP contribution in [0.5, 0.6) is 0 Å². The number of aryl methyl sites for hydroxylation is 2. The fraction of sp³-hybridized carbons (Fsp3) is 0.182. The van der Waals surface area contributed by atoms with Crippen LogP contribution in [0.3, 0.4) is 0 Å². The normalized spacial score (nSPS) is 13.7. The Morgan fingerprint density at radius 1 is 1.08 bits per heavy atom. The molecule has 0 spiro atoms. The van der Waals surface area contributed by atoms with Gasteiger partial charge in [-0.3, -0.25) is 14.3 Å². The van der Waals surface area contributed by atoms with Crippen LogP contribution in [0.15, 0.2) is 71.2 Å². The topological polar surface area (TPSA) is 46.9 Å². The van der Waals surface area contributed by atoms with Crippen molar-refractivity contribution in [2.45, 2.75) is 26.7 Å². The van der Waals surface area contributed by atoms with E-state index in [1.165, 1.54) is 0 Å². The first-order valence-electron chi connectivity index (χ1n) is 8.86. The van der Waals surface area contributed by atoms with Gasteiger partial charge in [0.25, 0.3) is 0 Å². The molecule has 1 aliphatic rings. The maximum atomic E-state index is 12.8. The number of nitrogens with one attached hydrogen (secondary N) is 1. The maximum Gasteiger partial charge on any atom is 0.193 e. The summed E-state index contributed by atoms with van der Waals surface area (Å²) in [5.41, 5.74) is 4.54. The van der Waals surface area contributed by atoms with Crippen LogP contribution < -0.4 is 10.7 Å². The van der Waals surface area contributed by atoms with Gasteiger partial charge in [0.2, 0.25) is 0 Å². The predicted octanol–water partition coefficient (Wildman–Crippen LogP) is 4.65. The summed E-state index contributed by atoms with van der Waals surface area (Å²) in [4.78, 5) is 17.3. The average Bonchev–Trinajstić information content (AvgIpc) is 2.62. The molecule has 130 valence electrons. The van der Waals surface area contributed by atoms with Gasteiger partial charge in [0.15, 0.2) is 5.43 Å². The summed E-state index contributed by atoms with van der Waals surface area (Å²) >= 11 is 0. The van der Waals surface area contributed by atoms with E-state index in [2.05, 4.69) is 33.1 Å². The van der Waals surface area contributed by atoms with E-state index in [0.29, 0.717) is 5.39 Å². The summed E-state index contributed by atoms with van der Waals surface area (Å²) in [5.74, 6) is 0.761. The molecule has 0 amide bonds. The molecule has 0 radical (unpaired) electrons. The number of pyridine rings is 2. The molecule has 1 aliphatic carbocycles. The van der Waals surface area contributed by atoms with E-state index in [1.807, 2.05) is 50.2 Å². The van der Waals surface area contributed by atoms with Crippen LogP contribution >= 0.6 is 0 Å². The van der Waals surface area contributed by atoms with Crippen molar-refractivity contribution < 1.29 is 0 Å². The van der Waals surface area contributed by atoms with Crippen molar-refractivity contribution in [3.63, 3.8) is 0 Å². The molecule has 0 aliphatic heterocycles. The number of nitrogens with zero attached hydrogens (tertiary/aromatic N) is 2. The second-order valence-electron chi connectivity index (χ2n) is 6.57. The van der Waals surface area contributed by atoms with Crippen LogP contribution in [0, 0.1) is 13.8 Å². The van der Waals surface area contributed by atoms with Crippen LogP contribution in [0.4, 0.5) is 5.82 Å². The van der Waals surface area contributed by atoms with Crippen LogP contribution in [-0.4, -0.2) is 9.55 Å². The highest BCUT2D eigenvalue weighted by atomic mass is 16.1. The lowest BCUT2D eigenvalue weighted by atomic mass is 10.1. The number of aromatic nitrogens is 2. The number of benzene rings is 1. The molecule has 4 heteroatoms. The van der Waals surface area contributed by atoms with E-state index in [1.54, 1.807) is 6.07 Å². The molecule has 4 rings (SSSR count). The Bertz CT molecular complexity index is 1090. The first-order valence-corrected chi connectivity index (χ1v) is 8.86. The lowest BCUT2D eigenvalue weighted by Crippen LogP contribution is -2.15. The van der Waals surface area contributed by atoms with E-state index in [9.17, 15) is 4.79 Å². The smallest absolute Gasteiger partial charge is 0.193 e. The van der Waals surface area contributed by atoms with Crippen LogP contribution in [0.25, 0.3) is 16.6 Å². The monoisotopic (exact) mass is 343 g/mol. The lowest BCUT2D eigenvalue weighted by molar-refractivity contribution is 1.01. The second-order valence-corrected chi connectivity index (χ2v) is 6.57. The standard InChI is InChI=1S/C22H21N3O/c1-15-13-19-22(16(2)23-15)20(26)14-21(24-17-9-5-3-6-10-17)25(19)18-11-7-4-8-12-18/h4-5,7-14,24H,3,6H2,1-2H3. The molecule has 1 N–H and O–H groups in total. The number of fused-ring (bicyclic) bond motifs is 1. The Morgan fingerprint density at radius 2 is 1.88 bits per heavy atom. The minimum Gasteiger partial charge on any atom is -0.342 e. The molecule has 1 aromatic carbocycles. The minimum atomic E-state index is -0.0138. The van der Waals surface area contributed by atoms with Gasteiger partial charge in [-0.15, -0.1) is 0 Å². The quantitative estimate of drug-likeness (QED) is 0.753. The fourth-order valence-electron chi connectivity index (χ4n) is 3.48. The van der Waals surface area contributed by atoms with E-state index >= 15 is 0 Å². The summed E-state index contributed by atoms with van der Waals surface area (Å²) < 4.78 is 2.10. The molecule has 0 fully saturated rings. The van der Waals surface area contributed by atoms with Gasteiger partial charge in [0.1, 0.15) is 5.82 Å². The summed E-state index contributed by atoms with van der Waals surface area (Å²) in [6.45, 7) is 3.85. The van der Waals surface area contributed by atoms with Crippen LogP contribution in [-0.2, 0) is 0 Å². The van der Waals surface area contributed by atoms with Crippen molar-refractivity contribution in [1.82, 2.24) is 9.55 Å². The number of para-hydroxylation sites is 1. The van der Waals surface area contributed by atoms with Gasteiger partial charge in [-0.1, -0.05) is 30.4 Å². The SMILES string of the molecule is Cc1cc2c(c(C)n1)c(=O)cc(NC1=CCCC=C1)n2-c1ccccc1. The zero-order valence-corrected chi connectivity index (χ0v) is 15.0.